The molecule has 142 valence electrons. The van der Waals surface area contributed by atoms with Crippen LogP contribution in [0.2, 0.25) is 0 Å². The Morgan fingerprint density at radius 2 is 1.77 bits per heavy atom. The standard InChI is InChI=1S/C20H30N4O2/c1-21-14-16-9-12-23(13-10-16)19(25)17-6-5-11-24(15-17)20(26)22-18-7-3-2-4-8-18/h2-4,7-8,16-17,21H,5-6,9-15H2,1H3,(H,22,26). The number of hydrogen-bond donors (Lipinski definition) is 2. The third-order valence-electron chi connectivity index (χ3n) is 5.50. The second kappa shape index (κ2) is 9.03. The highest BCUT2D eigenvalue weighted by molar-refractivity contribution is 5.90. The molecule has 0 saturated carbocycles. The zero-order valence-electron chi connectivity index (χ0n) is 15.6. The van der Waals surface area contributed by atoms with Crippen molar-refractivity contribution in [1.29, 1.82) is 0 Å². The molecule has 0 radical (unpaired) electrons. The lowest BCUT2D eigenvalue weighted by Gasteiger charge is -2.37. The molecule has 1 aromatic rings. The Morgan fingerprint density at radius 1 is 1.04 bits per heavy atom. The summed E-state index contributed by atoms with van der Waals surface area (Å²) in [5.41, 5.74) is 0.789. The molecular weight excluding hydrogens is 328 g/mol. The zero-order chi connectivity index (χ0) is 18.4. The number of hydrogen-bond acceptors (Lipinski definition) is 3. The van der Waals surface area contributed by atoms with Gasteiger partial charge in [-0.25, -0.2) is 4.79 Å². The molecule has 2 fully saturated rings. The number of nitrogens with one attached hydrogen (secondary N) is 2. The van der Waals surface area contributed by atoms with Gasteiger partial charge in [0.15, 0.2) is 0 Å². The fourth-order valence-electron chi connectivity index (χ4n) is 3.99. The van der Waals surface area contributed by atoms with Crippen molar-refractivity contribution in [1.82, 2.24) is 15.1 Å². The Labute approximate surface area is 155 Å². The van der Waals surface area contributed by atoms with Gasteiger partial charge in [0, 0.05) is 31.9 Å². The zero-order valence-corrected chi connectivity index (χ0v) is 15.6. The van der Waals surface area contributed by atoms with Crippen LogP contribution >= 0.6 is 0 Å². The number of likely N-dealkylation sites (tertiary alicyclic amines) is 2. The van der Waals surface area contributed by atoms with Crippen LogP contribution in [0.15, 0.2) is 30.3 Å². The van der Waals surface area contributed by atoms with E-state index in [9.17, 15) is 9.59 Å². The van der Waals surface area contributed by atoms with E-state index in [0.717, 1.165) is 51.0 Å². The summed E-state index contributed by atoms with van der Waals surface area (Å²) in [4.78, 5) is 29.2. The van der Waals surface area contributed by atoms with Gasteiger partial charge in [0.2, 0.25) is 5.91 Å². The first-order chi connectivity index (χ1) is 12.7. The van der Waals surface area contributed by atoms with Crippen molar-refractivity contribution < 1.29 is 9.59 Å². The number of anilines is 1. The Hall–Kier alpha value is -2.08. The van der Waals surface area contributed by atoms with Crippen LogP contribution in [-0.2, 0) is 4.79 Å². The molecule has 0 bridgehead atoms. The first-order valence-electron chi connectivity index (χ1n) is 9.71. The Bertz CT molecular complexity index is 599. The van der Waals surface area contributed by atoms with Gasteiger partial charge < -0.3 is 20.4 Å². The summed E-state index contributed by atoms with van der Waals surface area (Å²) in [7, 11) is 1.98. The van der Waals surface area contributed by atoms with Crippen LogP contribution < -0.4 is 10.6 Å². The second-order valence-electron chi connectivity index (χ2n) is 7.41. The van der Waals surface area contributed by atoms with Gasteiger partial charge >= 0.3 is 6.03 Å². The molecular formula is C20H30N4O2. The van der Waals surface area contributed by atoms with Crippen LogP contribution in [0.4, 0.5) is 10.5 Å². The Morgan fingerprint density at radius 3 is 2.46 bits per heavy atom. The van der Waals surface area contributed by atoms with Crippen LogP contribution in [0.5, 0.6) is 0 Å². The van der Waals surface area contributed by atoms with Crippen LogP contribution in [0.25, 0.3) is 0 Å². The van der Waals surface area contributed by atoms with Crippen LogP contribution in [-0.4, -0.2) is 61.5 Å². The fourth-order valence-corrected chi connectivity index (χ4v) is 3.99. The summed E-state index contributed by atoms with van der Waals surface area (Å²) in [5, 5.41) is 6.15. The summed E-state index contributed by atoms with van der Waals surface area (Å²) >= 11 is 0. The quantitative estimate of drug-likeness (QED) is 0.869. The van der Waals surface area contributed by atoms with Crippen LogP contribution in [0, 0.1) is 11.8 Å². The maximum atomic E-state index is 12.9. The Kier molecular flexibility index (Phi) is 6.50. The Balaban J connectivity index is 1.51. The van der Waals surface area contributed by atoms with Crippen molar-refractivity contribution in [2.75, 3.05) is 45.1 Å². The maximum Gasteiger partial charge on any atom is 0.321 e. The number of urea groups is 1. The molecule has 0 aliphatic carbocycles. The van der Waals surface area contributed by atoms with Gasteiger partial charge in [-0.05, 0) is 57.3 Å². The van der Waals surface area contributed by atoms with Gasteiger partial charge in [0.05, 0.1) is 5.92 Å². The fraction of sp³-hybridized carbons (Fsp3) is 0.600. The average molecular weight is 358 g/mol. The highest BCUT2D eigenvalue weighted by Crippen LogP contribution is 2.23. The van der Waals surface area contributed by atoms with Gasteiger partial charge in [-0.2, -0.15) is 0 Å². The van der Waals surface area contributed by atoms with E-state index in [-0.39, 0.29) is 17.9 Å². The number of amides is 3. The molecule has 3 amide bonds. The first-order valence-corrected chi connectivity index (χ1v) is 9.71. The normalized spacial score (nSPS) is 21.5. The summed E-state index contributed by atoms with van der Waals surface area (Å²) in [6.07, 6.45) is 3.90. The molecule has 1 atom stereocenters. The number of benzene rings is 1. The molecule has 6 nitrogen and oxygen atoms in total. The van der Waals surface area contributed by atoms with Gasteiger partial charge in [0.25, 0.3) is 0 Å². The van der Waals surface area contributed by atoms with Crippen molar-refractivity contribution in [3.8, 4) is 0 Å². The number of nitrogens with zero attached hydrogens (tertiary/aromatic N) is 2. The summed E-state index contributed by atoms with van der Waals surface area (Å²) < 4.78 is 0. The lowest BCUT2D eigenvalue weighted by atomic mass is 9.93. The van der Waals surface area contributed by atoms with Crippen molar-refractivity contribution in [2.45, 2.75) is 25.7 Å². The molecule has 3 rings (SSSR count). The molecule has 1 aromatic carbocycles. The minimum absolute atomic E-state index is 0.0638. The molecule has 26 heavy (non-hydrogen) atoms. The topological polar surface area (TPSA) is 64.7 Å². The van der Waals surface area contributed by atoms with Crippen LogP contribution in [0.3, 0.4) is 0 Å². The van der Waals surface area contributed by atoms with Gasteiger partial charge in [0.1, 0.15) is 0 Å². The van der Waals surface area contributed by atoms with Crippen molar-refractivity contribution in [2.24, 2.45) is 11.8 Å². The highest BCUT2D eigenvalue weighted by Gasteiger charge is 2.32. The summed E-state index contributed by atoms with van der Waals surface area (Å²) in [5.74, 6) is 0.833. The molecule has 0 aromatic heterocycles. The smallest absolute Gasteiger partial charge is 0.321 e. The number of rotatable bonds is 4. The van der Waals surface area contributed by atoms with E-state index in [0.29, 0.717) is 19.0 Å². The molecule has 2 aliphatic heterocycles. The number of carbonyl (C=O) groups excluding carboxylic acids is 2. The van der Waals surface area contributed by atoms with E-state index in [1.54, 1.807) is 4.90 Å². The number of piperidine rings is 2. The third-order valence-corrected chi connectivity index (χ3v) is 5.50. The van der Waals surface area contributed by atoms with Crippen molar-refractivity contribution in [3.05, 3.63) is 30.3 Å². The second-order valence-corrected chi connectivity index (χ2v) is 7.41. The molecule has 2 aliphatic rings. The van der Waals surface area contributed by atoms with Crippen LogP contribution in [0.1, 0.15) is 25.7 Å². The van der Waals surface area contributed by atoms with Crippen molar-refractivity contribution in [3.63, 3.8) is 0 Å². The van der Waals surface area contributed by atoms with E-state index in [1.165, 1.54) is 0 Å². The molecule has 2 N–H and O–H groups in total. The van der Waals surface area contributed by atoms with E-state index in [2.05, 4.69) is 10.6 Å². The SMILES string of the molecule is CNCC1CCN(C(=O)C2CCCN(C(=O)Nc3ccccc3)C2)CC1. The van der Waals surface area contributed by atoms with E-state index < -0.39 is 0 Å². The van der Waals surface area contributed by atoms with E-state index in [1.807, 2.05) is 42.3 Å². The predicted molar refractivity (Wildman–Crippen MR) is 103 cm³/mol. The minimum atomic E-state index is -0.110. The monoisotopic (exact) mass is 358 g/mol. The molecule has 0 spiro atoms. The van der Waals surface area contributed by atoms with Crippen molar-refractivity contribution >= 4 is 17.6 Å². The average Bonchev–Trinajstić information content (AvgIpc) is 2.69. The largest absolute Gasteiger partial charge is 0.342 e. The lowest BCUT2D eigenvalue weighted by Crippen LogP contribution is -2.49. The number of para-hydroxylation sites is 1. The van der Waals surface area contributed by atoms with Gasteiger partial charge in [-0.1, -0.05) is 18.2 Å². The van der Waals surface area contributed by atoms with E-state index in [4.69, 9.17) is 0 Å². The maximum absolute atomic E-state index is 12.9. The first kappa shape index (κ1) is 18.7. The third kappa shape index (κ3) is 4.75. The molecule has 2 saturated heterocycles. The van der Waals surface area contributed by atoms with Gasteiger partial charge in [-0.15, -0.1) is 0 Å². The predicted octanol–water partition coefficient (Wildman–Crippen LogP) is 2.39. The lowest BCUT2D eigenvalue weighted by molar-refractivity contribution is -0.138. The van der Waals surface area contributed by atoms with Gasteiger partial charge in [-0.3, -0.25) is 4.79 Å². The van der Waals surface area contributed by atoms with E-state index >= 15 is 0 Å². The molecule has 2 heterocycles. The molecule has 6 heteroatoms. The summed E-state index contributed by atoms with van der Waals surface area (Å²) in [6.45, 7) is 3.95. The summed E-state index contributed by atoms with van der Waals surface area (Å²) in [6, 6.07) is 9.36. The number of carbonyl (C=O) groups is 2. The highest BCUT2D eigenvalue weighted by atomic mass is 16.2. The minimum Gasteiger partial charge on any atom is -0.342 e. The molecule has 1 unspecified atom stereocenters.